The van der Waals surface area contributed by atoms with Crippen molar-refractivity contribution in [2.45, 2.75) is 38.7 Å². The van der Waals surface area contributed by atoms with E-state index in [1.807, 2.05) is 48.2 Å². The fourth-order valence-electron chi connectivity index (χ4n) is 4.39. The monoisotopic (exact) mass is 432 g/mol. The summed E-state index contributed by atoms with van der Waals surface area (Å²) in [5.74, 6) is 0.212. The summed E-state index contributed by atoms with van der Waals surface area (Å²) in [5.41, 5.74) is 6.14. The Morgan fingerprint density at radius 3 is 2.31 bits per heavy atom. The predicted octanol–water partition coefficient (Wildman–Crippen LogP) is 5.29. The number of carbonyl (C=O) groups excluding carboxylic acids is 1. The van der Waals surface area contributed by atoms with Gasteiger partial charge < -0.3 is 9.64 Å². The molecule has 2 aromatic carbocycles. The van der Waals surface area contributed by atoms with Gasteiger partial charge in [0, 0.05) is 43.1 Å². The molecule has 1 fully saturated rings. The van der Waals surface area contributed by atoms with Gasteiger partial charge in [-0.15, -0.1) is 0 Å². The number of methoxy groups -OCH3 is 1. The van der Waals surface area contributed by atoms with Crippen LogP contribution in [-0.2, 0) is 17.8 Å². The summed E-state index contributed by atoms with van der Waals surface area (Å²) in [5, 5.41) is 0. The summed E-state index contributed by atoms with van der Waals surface area (Å²) < 4.78 is 18.3. The molecule has 166 valence electrons. The number of pyridine rings is 1. The molecule has 3 aromatic rings. The largest absolute Gasteiger partial charge is 0.380 e. The summed E-state index contributed by atoms with van der Waals surface area (Å²) in [6.07, 6.45) is 2.56. The molecule has 4 rings (SSSR count). The number of benzene rings is 2. The molecule has 2 heterocycles. The number of amides is 1. The smallest absolute Gasteiger partial charge is 0.253 e. The van der Waals surface area contributed by atoms with E-state index in [4.69, 9.17) is 9.72 Å². The Hall–Kier alpha value is -3.05. The number of ether oxygens (including phenoxy) is 1. The first-order valence-corrected chi connectivity index (χ1v) is 11.1. The van der Waals surface area contributed by atoms with Crippen molar-refractivity contribution in [3.63, 3.8) is 0 Å². The number of likely N-dealkylation sites (tertiary alicyclic amines) is 1. The number of piperidine rings is 1. The molecule has 4 nitrogen and oxygen atoms in total. The first-order valence-electron chi connectivity index (χ1n) is 11.1. The molecule has 1 aliphatic heterocycles. The molecule has 5 heteroatoms. The minimum absolute atomic E-state index is 0.0848. The van der Waals surface area contributed by atoms with Crippen LogP contribution in [0.5, 0.6) is 0 Å². The Balaban J connectivity index is 1.39. The molecule has 0 bridgehead atoms. The van der Waals surface area contributed by atoms with Crippen molar-refractivity contribution < 1.29 is 13.9 Å². The Kier molecular flexibility index (Phi) is 6.96. The number of aryl methyl sites for hydroxylation is 1. The Bertz CT molecular complexity index is 1060. The van der Waals surface area contributed by atoms with Gasteiger partial charge >= 0.3 is 0 Å². The second-order valence-electron chi connectivity index (χ2n) is 8.54. The van der Waals surface area contributed by atoms with Crippen LogP contribution >= 0.6 is 0 Å². The Morgan fingerprint density at radius 1 is 1.00 bits per heavy atom. The van der Waals surface area contributed by atoms with Crippen molar-refractivity contribution in [3.05, 3.63) is 100 Å². The predicted molar refractivity (Wildman–Crippen MR) is 123 cm³/mol. The minimum atomic E-state index is -0.215. The van der Waals surface area contributed by atoms with Gasteiger partial charge in [-0.2, -0.15) is 0 Å². The van der Waals surface area contributed by atoms with E-state index < -0.39 is 0 Å². The van der Waals surface area contributed by atoms with Gasteiger partial charge in [-0.25, -0.2) is 4.39 Å². The number of rotatable bonds is 6. The molecule has 0 spiro atoms. The van der Waals surface area contributed by atoms with Crippen LogP contribution in [0, 0.1) is 12.7 Å². The second kappa shape index (κ2) is 10.0. The average Bonchev–Trinajstić information content (AvgIpc) is 2.81. The quantitative estimate of drug-likeness (QED) is 0.532. The highest BCUT2D eigenvalue weighted by atomic mass is 19.1. The van der Waals surface area contributed by atoms with Crippen LogP contribution in [0.1, 0.15) is 57.2 Å². The van der Waals surface area contributed by atoms with Crippen molar-refractivity contribution in [1.82, 2.24) is 9.88 Å². The molecule has 1 aromatic heterocycles. The third-order valence-electron chi connectivity index (χ3n) is 6.07. The Labute approximate surface area is 189 Å². The van der Waals surface area contributed by atoms with Crippen molar-refractivity contribution in [3.8, 4) is 0 Å². The molecule has 0 saturated carbocycles. The van der Waals surface area contributed by atoms with E-state index in [1.54, 1.807) is 7.11 Å². The topological polar surface area (TPSA) is 42.4 Å². The van der Waals surface area contributed by atoms with Crippen LogP contribution in [0.2, 0.25) is 0 Å². The fraction of sp³-hybridized carbons (Fsp3) is 0.333. The van der Waals surface area contributed by atoms with Crippen LogP contribution in [0.25, 0.3) is 0 Å². The van der Waals surface area contributed by atoms with Crippen LogP contribution in [-0.4, -0.2) is 36.0 Å². The van der Waals surface area contributed by atoms with Crippen LogP contribution in [0.3, 0.4) is 0 Å². The van der Waals surface area contributed by atoms with Gasteiger partial charge in [-0.05, 0) is 79.3 Å². The van der Waals surface area contributed by atoms with E-state index in [0.29, 0.717) is 12.5 Å². The lowest BCUT2D eigenvalue weighted by molar-refractivity contribution is 0.0712. The van der Waals surface area contributed by atoms with Crippen molar-refractivity contribution >= 4 is 5.91 Å². The molecule has 0 N–H and O–H groups in total. The molecule has 1 amide bonds. The molecular weight excluding hydrogens is 403 g/mol. The molecule has 1 aliphatic rings. The number of nitrogens with zero attached hydrogens (tertiary/aromatic N) is 2. The average molecular weight is 433 g/mol. The third kappa shape index (κ3) is 5.40. The second-order valence-corrected chi connectivity index (χ2v) is 8.54. The summed E-state index contributed by atoms with van der Waals surface area (Å²) in [7, 11) is 1.66. The molecule has 32 heavy (non-hydrogen) atoms. The third-order valence-corrected chi connectivity index (χ3v) is 6.07. The number of aromatic nitrogens is 1. The van der Waals surface area contributed by atoms with Gasteiger partial charge in [0.05, 0.1) is 6.61 Å². The molecular formula is C27H29FN2O2. The lowest BCUT2D eigenvalue weighted by Gasteiger charge is -2.32. The lowest BCUT2D eigenvalue weighted by atomic mass is 9.91. The van der Waals surface area contributed by atoms with E-state index in [0.717, 1.165) is 60.4 Å². The molecule has 0 aliphatic carbocycles. The zero-order valence-corrected chi connectivity index (χ0v) is 18.7. The molecule has 0 radical (unpaired) electrons. The molecule has 0 unspecified atom stereocenters. The standard InChI is InChI=1S/C27H29FN2O2/c1-19-15-22(16-20-5-9-25(28)10-6-20)17-26(29-19)23-11-13-30(14-12-23)27(31)24-7-3-21(4-8-24)18-32-2/h3-10,15,17,23H,11-14,16,18H2,1-2H3. The number of hydrogen-bond donors (Lipinski definition) is 0. The molecule has 1 saturated heterocycles. The van der Waals surface area contributed by atoms with E-state index in [9.17, 15) is 9.18 Å². The van der Waals surface area contributed by atoms with Crippen molar-refractivity contribution in [2.75, 3.05) is 20.2 Å². The van der Waals surface area contributed by atoms with Crippen LogP contribution in [0.4, 0.5) is 4.39 Å². The maximum absolute atomic E-state index is 13.2. The minimum Gasteiger partial charge on any atom is -0.380 e. The van der Waals surface area contributed by atoms with Gasteiger partial charge in [0.1, 0.15) is 5.82 Å². The first kappa shape index (κ1) is 22.2. The van der Waals surface area contributed by atoms with Gasteiger partial charge in [0.2, 0.25) is 0 Å². The van der Waals surface area contributed by atoms with E-state index in [2.05, 4.69) is 12.1 Å². The lowest BCUT2D eigenvalue weighted by Crippen LogP contribution is -2.38. The number of halogens is 1. The van der Waals surface area contributed by atoms with Crippen LogP contribution < -0.4 is 0 Å². The summed E-state index contributed by atoms with van der Waals surface area (Å²) in [6.45, 7) is 4.02. The van der Waals surface area contributed by atoms with Gasteiger partial charge in [-0.3, -0.25) is 9.78 Å². The van der Waals surface area contributed by atoms with Gasteiger partial charge in [0.15, 0.2) is 0 Å². The molecule has 0 atom stereocenters. The van der Waals surface area contributed by atoms with Crippen molar-refractivity contribution in [1.29, 1.82) is 0 Å². The van der Waals surface area contributed by atoms with E-state index in [-0.39, 0.29) is 11.7 Å². The normalized spacial score (nSPS) is 14.5. The van der Waals surface area contributed by atoms with Crippen molar-refractivity contribution in [2.24, 2.45) is 0 Å². The van der Waals surface area contributed by atoms with Gasteiger partial charge in [-0.1, -0.05) is 24.3 Å². The summed E-state index contributed by atoms with van der Waals surface area (Å²) in [4.78, 5) is 19.6. The first-order chi connectivity index (χ1) is 15.5. The highest BCUT2D eigenvalue weighted by molar-refractivity contribution is 5.94. The highest BCUT2D eigenvalue weighted by Gasteiger charge is 2.25. The maximum Gasteiger partial charge on any atom is 0.253 e. The maximum atomic E-state index is 13.2. The number of hydrogen-bond acceptors (Lipinski definition) is 3. The summed E-state index contributed by atoms with van der Waals surface area (Å²) >= 11 is 0. The van der Waals surface area contributed by atoms with Gasteiger partial charge in [0.25, 0.3) is 5.91 Å². The summed E-state index contributed by atoms with van der Waals surface area (Å²) in [6, 6.07) is 18.6. The fourth-order valence-corrected chi connectivity index (χ4v) is 4.39. The number of carbonyl (C=O) groups is 1. The zero-order chi connectivity index (χ0) is 22.5. The SMILES string of the molecule is COCc1ccc(C(=O)N2CCC(c3cc(Cc4ccc(F)cc4)cc(C)n3)CC2)cc1. The zero-order valence-electron chi connectivity index (χ0n) is 18.7. The Morgan fingerprint density at radius 2 is 1.66 bits per heavy atom. The van der Waals surface area contributed by atoms with E-state index in [1.165, 1.54) is 17.7 Å². The highest BCUT2D eigenvalue weighted by Crippen LogP contribution is 2.29. The van der Waals surface area contributed by atoms with E-state index >= 15 is 0 Å². The van der Waals surface area contributed by atoms with Crippen LogP contribution in [0.15, 0.2) is 60.7 Å².